The second-order valence-electron chi connectivity index (χ2n) is 7.19. The van der Waals surface area contributed by atoms with Gasteiger partial charge in [-0.05, 0) is 36.2 Å². The van der Waals surface area contributed by atoms with Gasteiger partial charge in [-0.2, -0.15) is 4.36 Å². The Morgan fingerprint density at radius 1 is 1.05 bits per heavy atom. The van der Waals surface area contributed by atoms with E-state index in [1.165, 1.54) is 11.1 Å². The summed E-state index contributed by atoms with van der Waals surface area (Å²) in [6.07, 6.45) is 0. The summed E-state index contributed by atoms with van der Waals surface area (Å²) in [4.78, 5) is 0.871. The summed E-state index contributed by atoms with van der Waals surface area (Å²) in [5.74, 6) is 0.656. The summed E-state index contributed by atoms with van der Waals surface area (Å²) in [6, 6.07) is 16.3. The first-order valence-electron chi connectivity index (χ1n) is 7.70. The molecule has 2 nitrogen and oxygen atoms in total. The average molecular weight is 330 g/mol. The maximum absolute atomic E-state index is 13.6. The monoisotopic (exact) mass is 329 g/mol. The Morgan fingerprint density at radius 2 is 1.68 bits per heavy atom. The van der Waals surface area contributed by atoms with Crippen LogP contribution in [0.1, 0.15) is 16.7 Å². The van der Waals surface area contributed by atoms with Crippen LogP contribution in [0, 0.1) is 6.92 Å². The highest BCUT2D eigenvalue weighted by molar-refractivity contribution is 7.94. The fourth-order valence-electron chi connectivity index (χ4n) is 2.99. The lowest BCUT2D eigenvalue weighted by atomic mass is 10.1. The highest BCUT2D eigenvalue weighted by atomic mass is 32.2. The Labute approximate surface area is 134 Å². The lowest BCUT2D eigenvalue weighted by Crippen LogP contribution is -2.37. The van der Waals surface area contributed by atoms with E-state index >= 15 is 0 Å². The third-order valence-electron chi connectivity index (χ3n) is 4.39. The third kappa shape index (κ3) is 2.77. The summed E-state index contributed by atoms with van der Waals surface area (Å²) >= 11 is 0. The fourth-order valence-corrected chi connectivity index (χ4v) is 8.90. The number of fused-ring (bicyclic) bond motifs is 1. The summed E-state index contributed by atoms with van der Waals surface area (Å²) < 4.78 is 18.3. The normalized spacial score (nSPS) is 24.5. The SMILES string of the molecule is Cc1ccc([S@]2(=O)=Nc3ccccc3[C@H]([Si](C)(C)C)C2)cc1. The van der Waals surface area contributed by atoms with Crippen molar-refractivity contribution in [1.82, 2.24) is 0 Å². The molecular weight excluding hydrogens is 306 g/mol. The minimum absolute atomic E-state index is 0.384. The third-order valence-corrected chi connectivity index (χ3v) is 9.57. The Kier molecular flexibility index (Phi) is 3.77. The Morgan fingerprint density at radius 3 is 2.32 bits per heavy atom. The molecule has 0 N–H and O–H groups in total. The fraction of sp³-hybridized carbons (Fsp3) is 0.333. The lowest BCUT2D eigenvalue weighted by Gasteiger charge is -2.34. The molecule has 4 heteroatoms. The van der Waals surface area contributed by atoms with E-state index in [9.17, 15) is 4.21 Å². The second-order valence-corrected chi connectivity index (χ2v) is 14.9. The number of benzene rings is 2. The van der Waals surface area contributed by atoms with Crippen molar-refractivity contribution in [1.29, 1.82) is 0 Å². The van der Waals surface area contributed by atoms with Crippen molar-refractivity contribution in [3.8, 4) is 0 Å². The van der Waals surface area contributed by atoms with Crippen molar-refractivity contribution >= 4 is 23.5 Å². The molecule has 0 amide bonds. The first-order chi connectivity index (χ1) is 10.3. The lowest BCUT2D eigenvalue weighted by molar-refractivity contribution is 0.673. The van der Waals surface area contributed by atoms with Crippen LogP contribution in [0.4, 0.5) is 5.69 Å². The van der Waals surface area contributed by atoms with E-state index in [0.29, 0.717) is 11.3 Å². The van der Waals surface area contributed by atoms with Crippen LogP contribution >= 0.6 is 0 Å². The minimum atomic E-state index is -2.37. The van der Waals surface area contributed by atoms with E-state index in [1.54, 1.807) is 0 Å². The molecule has 1 aliphatic rings. The molecule has 0 aliphatic carbocycles. The van der Waals surface area contributed by atoms with E-state index in [0.717, 1.165) is 10.6 Å². The molecule has 22 heavy (non-hydrogen) atoms. The molecule has 0 bridgehead atoms. The molecule has 0 saturated heterocycles. The van der Waals surface area contributed by atoms with Crippen LogP contribution in [0.5, 0.6) is 0 Å². The first-order valence-corrected chi connectivity index (χ1v) is 13.0. The highest BCUT2D eigenvalue weighted by Crippen LogP contribution is 2.41. The van der Waals surface area contributed by atoms with Gasteiger partial charge in [-0.15, -0.1) is 0 Å². The van der Waals surface area contributed by atoms with Gasteiger partial charge in [0.15, 0.2) is 0 Å². The molecule has 0 aromatic heterocycles. The topological polar surface area (TPSA) is 29.4 Å². The van der Waals surface area contributed by atoms with E-state index in [4.69, 9.17) is 4.36 Å². The summed E-state index contributed by atoms with van der Waals surface area (Å²) in [5.41, 5.74) is 3.78. The molecular formula is C18H23NOSSi. The maximum atomic E-state index is 13.6. The van der Waals surface area contributed by atoms with Gasteiger partial charge in [0.2, 0.25) is 0 Å². The number of hydrogen-bond acceptors (Lipinski definition) is 2. The van der Waals surface area contributed by atoms with E-state index in [1.807, 2.05) is 36.4 Å². The van der Waals surface area contributed by atoms with E-state index in [-0.39, 0.29) is 0 Å². The van der Waals surface area contributed by atoms with Gasteiger partial charge < -0.3 is 0 Å². The first kappa shape index (κ1) is 15.5. The smallest absolute Gasteiger partial charge is 0.0803 e. The highest BCUT2D eigenvalue weighted by Gasteiger charge is 2.36. The van der Waals surface area contributed by atoms with Crippen molar-refractivity contribution in [3.63, 3.8) is 0 Å². The molecule has 0 spiro atoms. The van der Waals surface area contributed by atoms with Gasteiger partial charge in [0, 0.05) is 10.6 Å². The molecule has 0 fully saturated rings. The van der Waals surface area contributed by atoms with Crippen molar-refractivity contribution < 1.29 is 4.21 Å². The predicted molar refractivity (Wildman–Crippen MR) is 97.1 cm³/mol. The number of rotatable bonds is 2. The van der Waals surface area contributed by atoms with Crippen LogP contribution in [0.3, 0.4) is 0 Å². The van der Waals surface area contributed by atoms with Crippen molar-refractivity contribution in [3.05, 3.63) is 59.7 Å². The zero-order valence-electron chi connectivity index (χ0n) is 13.7. The molecule has 0 unspecified atom stereocenters. The van der Waals surface area contributed by atoms with Gasteiger partial charge in [0.25, 0.3) is 0 Å². The van der Waals surface area contributed by atoms with Crippen LogP contribution in [0.15, 0.2) is 57.8 Å². The van der Waals surface area contributed by atoms with Gasteiger partial charge in [0.1, 0.15) is 0 Å². The molecule has 2 aromatic carbocycles. The summed E-state index contributed by atoms with van der Waals surface area (Å²) in [5, 5.41) is 0. The standard InChI is InChI=1S/C18H23NOSSi/c1-14-9-11-15(12-10-14)21(20)13-18(22(2,3)4)16-7-5-6-8-17(16)19-21/h5-12,18H,13H2,1-4H3/t18-,21+/m1/s1. The Balaban J connectivity index is 2.20. The van der Waals surface area contributed by atoms with Crippen molar-refractivity contribution in [2.75, 3.05) is 5.75 Å². The largest absolute Gasteiger partial charge is 0.244 e. The summed E-state index contributed by atoms with van der Waals surface area (Å²) in [7, 11) is -3.85. The quantitative estimate of drug-likeness (QED) is 0.702. The molecule has 1 aliphatic heterocycles. The Hall–Kier alpha value is -1.39. The molecule has 116 valence electrons. The predicted octanol–water partition coefficient (Wildman–Crippen LogP) is 5.13. The van der Waals surface area contributed by atoms with Crippen LogP contribution in [-0.2, 0) is 9.73 Å². The van der Waals surface area contributed by atoms with Gasteiger partial charge in [-0.3, -0.25) is 0 Å². The van der Waals surface area contributed by atoms with Crippen LogP contribution < -0.4 is 0 Å². The minimum Gasteiger partial charge on any atom is -0.244 e. The number of aryl methyl sites for hydroxylation is 1. The molecule has 1 heterocycles. The molecule has 0 radical (unpaired) electrons. The van der Waals surface area contributed by atoms with Crippen molar-refractivity contribution in [2.24, 2.45) is 4.36 Å². The number of nitrogens with zero attached hydrogens (tertiary/aromatic N) is 1. The van der Waals surface area contributed by atoms with Crippen LogP contribution in [-0.4, -0.2) is 18.0 Å². The summed E-state index contributed by atoms with van der Waals surface area (Å²) in [6.45, 7) is 9.12. The van der Waals surface area contributed by atoms with Gasteiger partial charge >= 0.3 is 0 Å². The molecule has 3 rings (SSSR count). The van der Waals surface area contributed by atoms with Crippen LogP contribution in [0.2, 0.25) is 19.6 Å². The Bertz CT molecular complexity index is 812. The average Bonchev–Trinajstić information content (AvgIpc) is 2.46. The van der Waals surface area contributed by atoms with E-state index < -0.39 is 17.8 Å². The maximum Gasteiger partial charge on any atom is 0.0803 e. The molecule has 0 saturated carbocycles. The number of hydrogen-bond donors (Lipinski definition) is 0. The zero-order chi connectivity index (χ0) is 16.0. The second kappa shape index (κ2) is 5.35. The molecule has 2 atom stereocenters. The van der Waals surface area contributed by atoms with Gasteiger partial charge in [-0.25, -0.2) is 4.21 Å². The molecule has 2 aromatic rings. The van der Waals surface area contributed by atoms with Crippen molar-refractivity contribution in [2.45, 2.75) is 37.0 Å². The van der Waals surface area contributed by atoms with Gasteiger partial charge in [0.05, 0.1) is 23.5 Å². The van der Waals surface area contributed by atoms with E-state index in [2.05, 4.69) is 38.7 Å². The van der Waals surface area contributed by atoms with Gasteiger partial charge in [-0.1, -0.05) is 55.5 Å². The van der Waals surface area contributed by atoms with Crippen LogP contribution in [0.25, 0.3) is 0 Å². The zero-order valence-corrected chi connectivity index (χ0v) is 15.5.